The monoisotopic (exact) mass is 283 g/mol. The van der Waals surface area contributed by atoms with E-state index in [1.807, 2.05) is 19.9 Å². The highest BCUT2D eigenvalue weighted by Gasteiger charge is 2.27. The lowest BCUT2D eigenvalue weighted by atomic mass is 10.2. The fraction of sp³-hybridized carbons (Fsp3) is 0.545. The molecule has 7 nitrogen and oxygen atoms in total. The summed E-state index contributed by atoms with van der Waals surface area (Å²) in [4.78, 5) is 20.1. The van der Waals surface area contributed by atoms with Crippen LogP contribution in [0, 0.1) is 28.4 Å². The second-order valence-corrected chi connectivity index (χ2v) is 4.54. The minimum absolute atomic E-state index is 0.0410. The number of aromatic nitrogens is 2. The van der Waals surface area contributed by atoms with E-state index in [-0.39, 0.29) is 34.9 Å². The van der Waals surface area contributed by atoms with Gasteiger partial charge in [0.1, 0.15) is 5.69 Å². The lowest BCUT2D eigenvalue weighted by Gasteiger charge is -2.26. The Labute approximate surface area is 116 Å². The van der Waals surface area contributed by atoms with Crippen molar-refractivity contribution in [1.29, 1.82) is 5.26 Å². The molecule has 0 radical (unpaired) electrons. The lowest BCUT2D eigenvalue weighted by Crippen LogP contribution is -2.33. The van der Waals surface area contributed by atoms with Crippen LogP contribution in [0.25, 0.3) is 0 Å². The predicted octanol–water partition coefficient (Wildman–Crippen LogP) is 2.48. The fourth-order valence-corrected chi connectivity index (χ4v) is 1.92. The van der Waals surface area contributed by atoms with E-state index in [9.17, 15) is 10.1 Å². The highest BCUT2D eigenvalue weighted by Crippen LogP contribution is 2.31. The highest BCUT2D eigenvalue weighted by molar-refractivity contribution is 6.28. The summed E-state index contributed by atoms with van der Waals surface area (Å²) >= 11 is 5.77. The molecular weight excluding hydrogens is 270 g/mol. The predicted molar refractivity (Wildman–Crippen MR) is 71.1 cm³/mol. The minimum Gasteiger partial charge on any atom is -0.347 e. The molecule has 0 N–H and O–H groups in total. The van der Waals surface area contributed by atoms with Crippen LogP contribution < -0.4 is 4.90 Å². The first kappa shape index (κ1) is 15.1. The number of aryl methyl sites for hydroxylation is 1. The maximum Gasteiger partial charge on any atom is 0.332 e. The number of rotatable bonds is 5. The van der Waals surface area contributed by atoms with Crippen molar-refractivity contribution in [3.8, 4) is 6.07 Å². The van der Waals surface area contributed by atoms with Crippen LogP contribution in [0.2, 0.25) is 5.28 Å². The Morgan fingerprint density at radius 2 is 2.16 bits per heavy atom. The molecule has 0 aliphatic heterocycles. The summed E-state index contributed by atoms with van der Waals surface area (Å²) in [6.45, 7) is 5.60. The maximum absolute atomic E-state index is 11.1. The van der Waals surface area contributed by atoms with Gasteiger partial charge in [0.2, 0.25) is 11.1 Å². The van der Waals surface area contributed by atoms with E-state index in [2.05, 4.69) is 9.97 Å². The Kier molecular flexibility index (Phi) is 5.01. The highest BCUT2D eigenvalue weighted by atomic mass is 35.5. The van der Waals surface area contributed by atoms with E-state index in [1.165, 1.54) is 6.92 Å². The van der Waals surface area contributed by atoms with Gasteiger partial charge in [0, 0.05) is 12.6 Å². The third kappa shape index (κ3) is 3.51. The zero-order valence-corrected chi connectivity index (χ0v) is 11.7. The van der Waals surface area contributed by atoms with Gasteiger partial charge in [-0.2, -0.15) is 10.2 Å². The van der Waals surface area contributed by atoms with Crippen LogP contribution in [-0.4, -0.2) is 27.5 Å². The van der Waals surface area contributed by atoms with E-state index < -0.39 is 4.92 Å². The van der Waals surface area contributed by atoms with Gasteiger partial charge >= 0.3 is 5.69 Å². The average Bonchev–Trinajstić information content (AvgIpc) is 2.27. The van der Waals surface area contributed by atoms with Gasteiger partial charge in [-0.25, -0.2) is 4.98 Å². The van der Waals surface area contributed by atoms with Gasteiger partial charge in [-0.1, -0.05) is 0 Å². The van der Waals surface area contributed by atoms with E-state index in [0.717, 1.165) is 0 Å². The van der Waals surface area contributed by atoms with Crippen LogP contribution in [0.4, 0.5) is 11.5 Å². The number of nitriles is 1. The van der Waals surface area contributed by atoms with Crippen molar-refractivity contribution in [2.75, 3.05) is 11.4 Å². The molecule has 0 spiro atoms. The third-order valence-electron chi connectivity index (χ3n) is 2.56. The summed E-state index contributed by atoms with van der Waals surface area (Å²) in [6, 6.07) is 1.97. The van der Waals surface area contributed by atoms with Crippen LogP contribution in [0.3, 0.4) is 0 Å². The molecule has 19 heavy (non-hydrogen) atoms. The smallest absolute Gasteiger partial charge is 0.332 e. The van der Waals surface area contributed by atoms with Gasteiger partial charge in [-0.3, -0.25) is 10.1 Å². The van der Waals surface area contributed by atoms with Gasteiger partial charge in [-0.15, -0.1) is 0 Å². The quantitative estimate of drug-likeness (QED) is 0.468. The molecule has 1 aromatic heterocycles. The van der Waals surface area contributed by atoms with Crippen LogP contribution in [0.1, 0.15) is 26.0 Å². The largest absolute Gasteiger partial charge is 0.347 e. The van der Waals surface area contributed by atoms with Crippen LogP contribution in [0.5, 0.6) is 0 Å². The van der Waals surface area contributed by atoms with E-state index in [1.54, 1.807) is 4.90 Å². The van der Waals surface area contributed by atoms with E-state index >= 15 is 0 Å². The number of nitrogens with zero attached hydrogens (tertiary/aromatic N) is 5. The minimum atomic E-state index is -0.525. The maximum atomic E-state index is 11.1. The zero-order chi connectivity index (χ0) is 14.6. The van der Waals surface area contributed by atoms with Gasteiger partial charge in [0.25, 0.3) is 0 Å². The second kappa shape index (κ2) is 6.29. The van der Waals surface area contributed by atoms with Crippen molar-refractivity contribution in [2.24, 2.45) is 0 Å². The summed E-state index contributed by atoms with van der Waals surface area (Å²) < 4.78 is 0. The topological polar surface area (TPSA) is 96.0 Å². The SMILES string of the molecule is Cc1nc(Cl)nc(N(CCC#N)C(C)C)c1[N+](=O)[O-]. The molecule has 0 aliphatic carbocycles. The van der Waals surface area contributed by atoms with Crippen molar-refractivity contribution in [3.63, 3.8) is 0 Å². The van der Waals surface area contributed by atoms with Crippen molar-refractivity contribution in [1.82, 2.24) is 9.97 Å². The summed E-state index contributed by atoms with van der Waals surface area (Å²) in [6.07, 6.45) is 0.246. The second-order valence-electron chi connectivity index (χ2n) is 4.20. The molecule has 0 bridgehead atoms. The number of hydrogen-bond acceptors (Lipinski definition) is 6. The van der Waals surface area contributed by atoms with Crippen LogP contribution in [-0.2, 0) is 0 Å². The number of anilines is 1. The molecule has 1 rings (SSSR count). The van der Waals surface area contributed by atoms with Crippen molar-refractivity contribution in [2.45, 2.75) is 33.2 Å². The van der Waals surface area contributed by atoms with E-state index in [4.69, 9.17) is 16.9 Å². The first-order valence-electron chi connectivity index (χ1n) is 5.70. The van der Waals surface area contributed by atoms with Gasteiger partial charge in [0.05, 0.1) is 17.4 Å². The fourth-order valence-electron chi connectivity index (χ4n) is 1.71. The first-order valence-corrected chi connectivity index (χ1v) is 6.08. The van der Waals surface area contributed by atoms with Crippen molar-refractivity contribution < 1.29 is 4.92 Å². The van der Waals surface area contributed by atoms with E-state index in [0.29, 0.717) is 6.54 Å². The third-order valence-corrected chi connectivity index (χ3v) is 2.72. The Hall–Kier alpha value is -1.94. The molecule has 0 fully saturated rings. The average molecular weight is 284 g/mol. The summed E-state index contributed by atoms with van der Waals surface area (Å²) in [5, 5.41) is 19.8. The summed E-state index contributed by atoms with van der Waals surface area (Å²) in [5.74, 6) is 0.160. The Balaban J connectivity index is 3.36. The van der Waals surface area contributed by atoms with Crippen molar-refractivity contribution in [3.05, 3.63) is 21.1 Å². The molecule has 0 aromatic carbocycles. The van der Waals surface area contributed by atoms with Crippen LogP contribution in [0.15, 0.2) is 0 Å². The standard InChI is InChI=1S/C11H14ClN5O2/c1-7(2)16(6-4-5-13)10-9(17(18)19)8(3)14-11(12)15-10/h7H,4,6H2,1-3H3. The molecular formula is C11H14ClN5O2. The molecule has 1 aromatic rings. The molecule has 0 amide bonds. The van der Waals surface area contributed by atoms with Crippen molar-refractivity contribution >= 4 is 23.1 Å². The molecule has 1 heterocycles. The molecule has 8 heteroatoms. The Bertz CT molecular complexity index is 527. The van der Waals surface area contributed by atoms with Crippen LogP contribution >= 0.6 is 11.6 Å². The molecule has 0 unspecified atom stereocenters. The summed E-state index contributed by atoms with van der Waals surface area (Å²) in [5.41, 5.74) is 0.0404. The number of nitro groups is 1. The molecule has 0 aliphatic rings. The normalized spacial score (nSPS) is 10.3. The summed E-state index contributed by atoms with van der Waals surface area (Å²) in [7, 11) is 0. The lowest BCUT2D eigenvalue weighted by molar-refractivity contribution is -0.385. The molecule has 0 saturated heterocycles. The first-order chi connectivity index (χ1) is 8.88. The Morgan fingerprint density at radius 3 is 2.63 bits per heavy atom. The molecule has 0 saturated carbocycles. The number of halogens is 1. The Morgan fingerprint density at radius 1 is 1.53 bits per heavy atom. The molecule has 102 valence electrons. The van der Waals surface area contributed by atoms with Gasteiger partial charge < -0.3 is 4.90 Å². The van der Waals surface area contributed by atoms with Gasteiger partial charge in [-0.05, 0) is 32.4 Å². The molecule has 0 atom stereocenters. The zero-order valence-electron chi connectivity index (χ0n) is 10.9. The van der Waals surface area contributed by atoms with Gasteiger partial charge in [0.15, 0.2) is 0 Å². The number of hydrogen-bond donors (Lipinski definition) is 0.